The molecule has 2 aliphatic rings. The lowest BCUT2D eigenvalue weighted by atomic mass is 9.73. The number of hydrogen-bond donors (Lipinski definition) is 2. The van der Waals surface area contributed by atoms with E-state index in [1.165, 1.54) is 6.07 Å². The van der Waals surface area contributed by atoms with Gasteiger partial charge < -0.3 is 15.4 Å². The number of fused-ring (bicyclic) bond motifs is 1. The molecule has 2 N–H and O–H groups in total. The van der Waals surface area contributed by atoms with Crippen molar-refractivity contribution in [1.82, 2.24) is 10.2 Å². The van der Waals surface area contributed by atoms with Crippen LogP contribution in [0.4, 0.5) is 10.1 Å². The molecule has 3 aromatic carbocycles. The van der Waals surface area contributed by atoms with Crippen LogP contribution in [0.3, 0.4) is 0 Å². The Kier molecular flexibility index (Phi) is 7.85. The number of halogens is 3. The smallest absolute Gasteiger partial charge is 0.245 e. The zero-order valence-electron chi connectivity index (χ0n) is 21.7. The molecule has 2 saturated heterocycles. The molecule has 0 aliphatic carbocycles. The summed E-state index contributed by atoms with van der Waals surface area (Å²) in [5, 5.41) is 6.35. The van der Waals surface area contributed by atoms with E-state index in [1.807, 2.05) is 36.1 Å². The van der Waals surface area contributed by atoms with Gasteiger partial charge in [-0.05, 0) is 67.8 Å². The minimum absolute atomic E-state index is 0.0549. The maximum absolute atomic E-state index is 15.7. The number of rotatable bonds is 7. The number of nitrogens with one attached hydrogen (secondary N) is 2. The van der Waals surface area contributed by atoms with Crippen molar-refractivity contribution in [3.05, 3.63) is 93.7 Å². The van der Waals surface area contributed by atoms with Crippen LogP contribution in [0.25, 0.3) is 0 Å². The predicted molar refractivity (Wildman–Crippen MR) is 151 cm³/mol. The number of amides is 2. The van der Waals surface area contributed by atoms with Gasteiger partial charge in [0.05, 0.1) is 17.5 Å². The molecule has 9 heteroatoms. The Bertz CT molecular complexity index is 1400. The van der Waals surface area contributed by atoms with E-state index in [1.54, 1.807) is 43.3 Å². The number of carbonyl (C=O) groups excluding carboxylic acids is 2. The van der Waals surface area contributed by atoms with Crippen molar-refractivity contribution >= 4 is 40.7 Å². The second-order valence-electron chi connectivity index (χ2n) is 10.1. The molecule has 4 atom stereocenters. The van der Waals surface area contributed by atoms with Gasteiger partial charge in [0.2, 0.25) is 11.8 Å². The molecule has 39 heavy (non-hydrogen) atoms. The highest BCUT2D eigenvalue weighted by atomic mass is 35.5. The van der Waals surface area contributed by atoms with Crippen LogP contribution in [0.1, 0.15) is 37.3 Å². The molecule has 0 unspecified atom stereocenters. The minimum atomic E-state index is -1.33. The molecule has 5 rings (SSSR count). The van der Waals surface area contributed by atoms with Crippen molar-refractivity contribution < 1.29 is 18.7 Å². The number of benzene rings is 3. The Labute approximate surface area is 237 Å². The second-order valence-corrected chi connectivity index (χ2v) is 11.0. The van der Waals surface area contributed by atoms with Gasteiger partial charge in [-0.1, -0.05) is 53.5 Å². The van der Waals surface area contributed by atoms with E-state index in [2.05, 4.69) is 10.6 Å². The van der Waals surface area contributed by atoms with Crippen LogP contribution < -0.4 is 15.4 Å². The lowest BCUT2D eigenvalue weighted by molar-refractivity contribution is -0.128. The van der Waals surface area contributed by atoms with Gasteiger partial charge in [0, 0.05) is 35.8 Å². The number of hydrogen-bond acceptors (Lipinski definition) is 4. The van der Waals surface area contributed by atoms with E-state index in [-0.39, 0.29) is 28.4 Å². The Morgan fingerprint density at radius 1 is 1.15 bits per heavy atom. The molecule has 0 aromatic heterocycles. The van der Waals surface area contributed by atoms with Gasteiger partial charge in [-0.15, -0.1) is 0 Å². The van der Waals surface area contributed by atoms with E-state index in [0.29, 0.717) is 36.8 Å². The van der Waals surface area contributed by atoms with Gasteiger partial charge in [-0.25, -0.2) is 4.39 Å². The van der Waals surface area contributed by atoms with E-state index < -0.39 is 23.2 Å². The fourth-order valence-electron chi connectivity index (χ4n) is 6.14. The molecule has 0 spiro atoms. The number of carbonyl (C=O) groups is 2. The second kappa shape index (κ2) is 11.2. The number of likely N-dealkylation sites (tertiary alicyclic amines) is 1. The summed E-state index contributed by atoms with van der Waals surface area (Å²) in [4.78, 5) is 29.8. The highest BCUT2D eigenvalue weighted by molar-refractivity contribution is 6.31. The molecule has 2 amide bonds. The first kappa shape index (κ1) is 27.4. The van der Waals surface area contributed by atoms with Crippen LogP contribution in [0, 0.1) is 11.7 Å². The van der Waals surface area contributed by atoms with Crippen LogP contribution in [0.15, 0.2) is 66.7 Å². The Morgan fingerprint density at radius 2 is 1.92 bits per heavy atom. The lowest BCUT2D eigenvalue weighted by Gasteiger charge is -2.40. The van der Waals surface area contributed by atoms with Gasteiger partial charge in [0.15, 0.2) is 0 Å². The molecule has 2 heterocycles. The summed E-state index contributed by atoms with van der Waals surface area (Å²) in [7, 11) is 0. The summed E-state index contributed by atoms with van der Waals surface area (Å²) in [5.41, 5.74) is 0.340. The summed E-state index contributed by atoms with van der Waals surface area (Å²) < 4.78 is 21.4. The van der Waals surface area contributed by atoms with Crippen LogP contribution in [-0.4, -0.2) is 41.4 Å². The topological polar surface area (TPSA) is 70.7 Å². The van der Waals surface area contributed by atoms with Crippen LogP contribution >= 0.6 is 23.2 Å². The maximum Gasteiger partial charge on any atom is 0.245 e. The minimum Gasteiger partial charge on any atom is -0.494 e. The third-order valence-corrected chi connectivity index (χ3v) is 8.37. The van der Waals surface area contributed by atoms with E-state index in [0.717, 1.165) is 11.3 Å². The standard InChI is InChI=1S/C30H30Cl2FN3O3/c1-3-39-21-10-4-7-18(15-21)17-36-24-13-14-34-28(37)25(24)26(22-11-6-12-23(32)27(22)33)30(36,2)29(38)35-20-9-5-8-19(31)16-20/h4-12,15-16,24-26H,3,13-14,17H2,1-2H3,(H,34,37)(H,35,38)/t24-,25+,26-,30+/m0/s1. The summed E-state index contributed by atoms with van der Waals surface area (Å²) in [5.74, 6) is -1.95. The quantitative estimate of drug-likeness (QED) is 0.364. The molecule has 0 radical (unpaired) electrons. The fraction of sp³-hybridized carbons (Fsp3) is 0.333. The zero-order valence-corrected chi connectivity index (χ0v) is 23.2. The Balaban J connectivity index is 1.65. The molecule has 3 aromatic rings. The first-order valence-corrected chi connectivity index (χ1v) is 13.8. The lowest BCUT2D eigenvalue weighted by Crippen LogP contribution is -2.55. The predicted octanol–water partition coefficient (Wildman–Crippen LogP) is 6.03. The van der Waals surface area contributed by atoms with Gasteiger partial charge in [-0.2, -0.15) is 0 Å². The van der Waals surface area contributed by atoms with Crippen molar-refractivity contribution in [2.45, 2.75) is 44.3 Å². The molecule has 6 nitrogen and oxygen atoms in total. The van der Waals surface area contributed by atoms with Gasteiger partial charge in [0.25, 0.3) is 0 Å². The Hall–Kier alpha value is -3.13. The summed E-state index contributed by atoms with van der Waals surface area (Å²) >= 11 is 12.4. The summed E-state index contributed by atoms with van der Waals surface area (Å²) in [6.45, 7) is 5.04. The third-order valence-electron chi connectivity index (χ3n) is 7.84. The SMILES string of the molecule is CCOc1cccc(CN2[C@H]3CCNC(=O)[C@H]3[C@H](c3cccc(Cl)c3F)[C@]2(C)C(=O)Nc2cccc(Cl)c2)c1. The highest BCUT2D eigenvalue weighted by Crippen LogP contribution is 2.53. The number of ether oxygens (including phenoxy) is 1. The van der Waals surface area contributed by atoms with Crippen molar-refractivity contribution in [2.24, 2.45) is 5.92 Å². The highest BCUT2D eigenvalue weighted by Gasteiger charge is 2.63. The average molecular weight is 570 g/mol. The molecule has 0 saturated carbocycles. The van der Waals surface area contributed by atoms with Gasteiger partial charge >= 0.3 is 0 Å². The third kappa shape index (κ3) is 5.11. The maximum atomic E-state index is 15.7. The van der Waals surface area contributed by atoms with E-state index >= 15 is 4.39 Å². The average Bonchev–Trinajstić information content (AvgIpc) is 3.16. The normalized spacial score (nSPS) is 24.6. The summed E-state index contributed by atoms with van der Waals surface area (Å²) in [6.07, 6.45) is 0.611. The molecule has 204 valence electrons. The number of anilines is 1. The van der Waals surface area contributed by atoms with Crippen molar-refractivity contribution in [3.8, 4) is 5.75 Å². The first-order valence-electron chi connectivity index (χ1n) is 13.0. The molecule has 2 fully saturated rings. The first-order chi connectivity index (χ1) is 18.7. The van der Waals surface area contributed by atoms with Crippen LogP contribution in [0.5, 0.6) is 5.75 Å². The van der Waals surface area contributed by atoms with Crippen LogP contribution in [0.2, 0.25) is 10.0 Å². The van der Waals surface area contributed by atoms with Crippen molar-refractivity contribution in [2.75, 3.05) is 18.5 Å². The van der Waals surface area contributed by atoms with Gasteiger partial charge in [-0.3, -0.25) is 14.5 Å². The van der Waals surface area contributed by atoms with Crippen molar-refractivity contribution in [3.63, 3.8) is 0 Å². The largest absolute Gasteiger partial charge is 0.494 e. The van der Waals surface area contributed by atoms with E-state index in [9.17, 15) is 9.59 Å². The summed E-state index contributed by atoms with van der Waals surface area (Å²) in [6, 6.07) is 19.0. The van der Waals surface area contributed by atoms with E-state index in [4.69, 9.17) is 27.9 Å². The van der Waals surface area contributed by atoms with Gasteiger partial charge in [0.1, 0.15) is 17.1 Å². The molecular formula is C30H30Cl2FN3O3. The van der Waals surface area contributed by atoms with Crippen molar-refractivity contribution in [1.29, 1.82) is 0 Å². The molecular weight excluding hydrogens is 540 g/mol. The monoisotopic (exact) mass is 569 g/mol. The number of nitrogens with zero attached hydrogens (tertiary/aromatic N) is 1. The van der Waals surface area contributed by atoms with Crippen LogP contribution in [-0.2, 0) is 16.1 Å². The zero-order chi connectivity index (χ0) is 27.7. The molecule has 2 aliphatic heterocycles. The Morgan fingerprint density at radius 3 is 2.69 bits per heavy atom. The molecule has 0 bridgehead atoms. The fourth-order valence-corrected chi connectivity index (χ4v) is 6.51. The number of piperidine rings is 1.